The van der Waals surface area contributed by atoms with Gasteiger partial charge < -0.3 is 18.9 Å². The molecule has 0 saturated heterocycles. The smallest absolute Gasteiger partial charge is 0.191 e. The van der Waals surface area contributed by atoms with E-state index in [0.717, 1.165) is 6.29 Å². The van der Waals surface area contributed by atoms with Gasteiger partial charge in [-0.15, -0.1) is 0 Å². The third-order valence-corrected chi connectivity index (χ3v) is 3.05. The number of methoxy groups -OCH3 is 1. The van der Waals surface area contributed by atoms with Crippen molar-refractivity contribution < 1.29 is 23.7 Å². The maximum Gasteiger partial charge on any atom is 0.191 e. The first-order chi connectivity index (χ1) is 9.65. The van der Waals surface area contributed by atoms with E-state index in [9.17, 15) is 4.79 Å². The predicted molar refractivity (Wildman–Crippen MR) is 78.6 cm³/mol. The normalized spacial score (nSPS) is 10.7. The number of rotatable bonds is 9. The van der Waals surface area contributed by atoms with Crippen LogP contribution in [-0.4, -0.2) is 39.5 Å². The van der Waals surface area contributed by atoms with Crippen LogP contribution in [0.15, 0.2) is 16.6 Å². The summed E-state index contributed by atoms with van der Waals surface area (Å²) < 4.78 is 22.4. The Balaban J connectivity index is 2.82. The van der Waals surface area contributed by atoms with E-state index < -0.39 is 6.29 Å². The predicted octanol–water partition coefficient (Wildman–Crippen LogP) is 3.05. The second-order valence-corrected chi connectivity index (χ2v) is 4.66. The first-order valence-corrected chi connectivity index (χ1v) is 7.14. The number of ether oxygens (including phenoxy) is 4. The summed E-state index contributed by atoms with van der Waals surface area (Å²) in [4.78, 5) is 10.8. The zero-order chi connectivity index (χ0) is 15.0. The molecule has 0 atom stereocenters. The molecule has 0 spiro atoms. The van der Waals surface area contributed by atoms with E-state index in [-0.39, 0.29) is 6.61 Å². The maximum absolute atomic E-state index is 10.8. The highest BCUT2D eigenvalue weighted by Gasteiger charge is 2.15. The third-order valence-electron chi connectivity index (χ3n) is 2.46. The van der Waals surface area contributed by atoms with Crippen LogP contribution in [0, 0.1) is 0 Å². The fourth-order valence-electron chi connectivity index (χ4n) is 1.62. The lowest BCUT2D eigenvalue weighted by molar-refractivity contribution is -0.152. The van der Waals surface area contributed by atoms with Crippen LogP contribution in [-0.2, 0) is 9.47 Å². The molecule has 0 aliphatic rings. The Morgan fingerprint density at radius 3 is 2.40 bits per heavy atom. The van der Waals surface area contributed by atoms with Gasteiger partial charge in [-0.25, -0.2) is 0 Å². The van der Waals surface area contributed by atoms with Crippen LogP contribution in [0.1, 0.15) is 24.2 Å². The highest BCUT2D eigenvalue weighted by Crippen LogP contribution is 2.36. The van der Waals surface area contributed by atoms with E-state index in [2.05, 4.69) is 15.9 Å². The molecule has 1 rings (SSSR count). The van der Waals surface area contributed by atoms with Gasteiger partial charge in [0.2, 0.25) is 0 Å². The van der Waals surface area contributed by atoms with Crippen molar-refractivity contribution in [3.63, 3.8) is 0 Å². The lowest BCUT2D eigenvalue weighted by atomic mass is 10.2. The van der Waals surface area contributed by atoms with Crippen molar-refractivity contribution in [2.45, 2.75) is 20.1 Å². The van der Waals surface area contributed by atoms with Crippen LogP contribution >= 0.6 is 15.9 Å². The van der Waals surface area contributed by atoms with Crippen LogP contribution < -0.4 is 9.47 Å². The van der Waals surface area contributed by atoms with E-state index in [1.54, 1.807) is 12.1 Å². The molecule has 0 fully saturated rings. The molecule has 0 aliphatic carbocycles. The van der Waals surface area contributed by atoms with E-state index in [4.69, 9.17) is 18.9 Å². The molecule has 5 nitrogen and oxygen atoms in total. The highest BCUT2D eigenvalue weighted by atomic mass is 79.9. The standard InChI is InChI=1S/C14H19BrO5/c1-4-18-13(19-5-2)9-20-14-11(15)6-10(8-16)7-12(14)17-3/h6-8,13H,4-5,9H2,1-3H3. The van der Waals surface area contributed by atoms with Crippen LogP contribution in [0.3, 0.4) is 0 Å². The number of hydrogen-bond acceptors (Lipinski definition) is 5. The Hall–Kier alpha value is -1.11. The minimum Gasteiger partial charge on any atom is -0.493 e. The Kier molecular flexibility index (Phi) is 7.58. The average Bonchev–Trinajstić information content (AvgIpc) is 2.45. The molecule has 20 heavy (non-hydrogen) atoms. The van der Waals surface area contributed by atoms with Crippen molar-refractivity contribution in [2.75, 3.05) is 26.9 Å². The van der Waals surface area contributed by atoms with Crippen molar-refractivity contribution in [3.05, 3.63) is 22.2 Å². The summed E-state index contributed by atoms with van der Waals surface area (Å²) in [5.41, 5.74) is 0.507. The summed E-state index contributed by atoms with van der Waals surface area (Å²) in [6.45, 7) is 5.09. The minimum atomic E-state index is -0.438. The molecule has 0 saturated carbocycles. The quantitative estimate of drug-likeness (QED) is 0.508. The maximum atomic E-state index is 10.8. The van der Waals surface area contributed by atoms with Crippen molar-refractivity contribution >= 4 is 22.2 Å². The number of carbonyl (C=O) groups excluding carboxylic acids is 1. The van der Waals surface area contributed by atoms with Crippen LogP contribution in [0.25, 0.3) is 0 Å². The molecule has 112 valence electrons. The van der Waals surface area contributed by atoms with E-state index in [0.29, 0.717) is 34.7 Å². The van der Waals surface area contributed by atoms with Gasteiger partial charge in [-0.3, -0.25) is 4.79 Å². The summed E-state index contributed by atoms with van der Waals surface area (Å²) in [5, 5.41) is 0. The highest BCUT2D eigenvalue weighted by molar-refractivity contribution is 9.10. The Morgan fingerprint density at radius 1 is 1.25 bits per heavy atom. The monoisotopic (exact) mass is 346 g/mol. The third kappa shape index (κ3) is 4.77. The summed E-state index contributed by atoms with van der Waals surface area (Å²) in [6, 6.07) is 3.28. The molecule has 0 N–H and O–H groups in total. The van der Waals surface area contributed by atoms with Crippen molar-refractivity contribution in [3.8, 4) is 11.5 Å². The van der Waals surface area contributed by atoms with Crippen molar-refractivity contribution in [1.82, 2.24) is 0 Å². The lowest BCUT2D eigenvalue weighted by Gasteiger charge is -2.19. The molecule has 0 bridgehead atoms. The fourth-order valence-corrected chi connectivity index (χ4v) is 2.19. The van der Waals surface area contributed by atoms with Crippen molar-refractivity contribution in [2.24, 2.45) is 0 Å². The second kappa shape index (κ2) is 8.94. The molecule has 0 heterocycles. The molecular weight excluding hydrogens is 328 g/mol. The first kappa shape index (κ1) is 16.9. The van der Waals surface area contributed by atoms with Gasteiger partial charge in [0.1, 0.15) is 12.9 Å². The zero-order valence-corrected chi connectivity index (χ0v) is 13.4. The van der Waals surface area contributed by atoms with Gasteiger partial charge in [0, 0.05) is 18.8 Å². The number of benzene rings is 1. The molecule has 0 unspecified atom stereocenters. The average molecular weight is 347 g/mol. The number of hydrogen-bond donors (Lipinski definition) is 0. The van der Waals surface area contributed by atoms with Crippen molar-refractivity contribution in [1.29, 1.82) is 0 Å². The first-order valence-electron chi connectivity index (χ1n) is 6.34. The molecular formula is C14H19BrO5. The summed E-state index contributed by atoms with van der Waals surface area (Å²) >= 11 is 3.36. The van der Waals surface area contributed by atoms with Gasteiger partial charge in [0.15, 0.2) is 17.8 Å². The summed E-state index contributed by atoms with van der Waals surface area (Å²) in [6.07, 6.45) is 0.313. The van der Waals surface area contributed by atoms with Gasteiger partial charge in [-0.1, -0.05) is 0 Å². The fraction of sp³-hybridized carbons (Fsp3) is 0.500. The molecule has 1 aromatic carbocycles. The Morgan fingerprint density at radius 2 is 1.90 bits per heavy atom. The van der Waals surface area contributed by atoms with Crippen LogP contribution in [0.2, 0.25) is 0 Å². The Labute approximate surface area is 127 Å². The van der Waals surface area contributed by atoms with Gasteiger partial charge in [-0.05, 0) is 41.9 Å². The SMILES string of the molecule is CCOC(COc1c(Br)cc(C=O)cc1OC)OCC. The van der Waals surface area contributed by atoms with E-state index in [1.807, 2.05) is 13.8 Å². The number of halogens is 1. The Bertz CT molecular complexity index is 430. The number of aldehydes is 1. The molecule has 0 aromatic heterocycles. The molecule has 0 aliphatic heterocycles. The summed E-state index contributed by atoms with van der Waals surface area (Å²) in [5.74, 6) is 0.996. The number of carbonyl (C=O) groups is 1. The van der Waals surface area contributed by atoms with E-state index in [1.165, 1.54) is 7.11 Å². The van der Waals surface area contributed by atoms with Gasteiger partial charge in [0.05, 0.1) is 11.6 Å². The molecule has 6 heteroatoms. The largest absolute Gasteiger partial charge is 0.493 e. The second-order valence-electron chi connectivity index (χ2n) is 3.80. The van der Waals surface area contributed by atoms with Crippen LogP contribution in [0.4, 0.5) is 0 Å². The van der Waals surface area contributed by atoms with Gasteiger partial charge >= 0.3 is 0 Å². The molecule has 0 radical (unpaired) electrons. The topological polar surface area (TPSA) is 54.0 Å². The molecule has 0 amide bonds. The molecule has 1 aromatic rings. The summed E-state index contributed by atoms with van der Waals surface area (Å²) in [7, 11) is 1.52. The van der Waals surface area contributed by atoms with Gasteiger partial charge in [-0.2, -0.15) is 0 Å². The lowest BCUT2D eigenvalue weighted by Crippen LogP contribution is -2.25. The van der Waals surface area contributed by atoms with Gasteiger partial charge in [0.25, 0.3) is 0 Å². The van der Waals surface area contributed by atoms with E-state index >= 15 is 0 Å². The minimum absolute atomic E-state index is 0.233. The van der Waals surface area contributed by atoms with Crippen LogP contribution in [0.5, 0.6) is 11.5 Å². The zero-order valence-electron chi connectivity index (χ0n) is 11.8.